The summed E-state index contributed by atoms with van der Waals surface area (Å²) < 4.78 is 0. The summed E-state index contributed by atoms with van der Waals surface area (Å²) in [6.07, 6.45) is 1.26. The van der Waals surface area contributed by atoms with Gasteiger partial charge in [0.25, 0.3) is 5.91 Å². The SMILES string of the molecule is N#C/C(=C\c1csc([N+](=O)[O-])c1)C(=O)Nc1cc(Cl)ccc1Cl. The molecule has 0 atom stereocenters. The Bertz CT molecular complexity index is 855. The zero-order valence-electron chi connectivity index (χ0n) is 11.2. The van der Waals surface area contributed by atoms with Gasteiger partial charge < -0.3 is 5.32 Å². The predicted molar refractivity (Wildman–Crippen MR) is 89.7 cm³/mol. The fraction of sp³-hybridized carbons (Fsp3) is 0. The number of rotatable bonds is 4. The van der Waals surface area contributed by atoms with Crippen LogP contribution in [0.25, 0.3) is 6.08 Å². The number of anilines is 1. The average Bonchev–Trinajstić information content (AvgIpc) is 2.97. The number of carbonyl (C=O) groups excluding carboxylic acids is 1. The minimum Gasteiger partial charge on any atom is -0.320 e. The zero-order valence-corrected chi connectivity index (χ0v) is 13.6. The lowest BCUT2D eigenvalue weighted by molar-refractivity contribution is -0.380. The minimum absolute atomic E-state index is 0.0770. The van der Waals surface area contributed by atoms with Crippen molar-refractivity contribution in [3.05, 3.63) is 60.9 Å². The van der Waals surface area contributed by atoms with Crippen LogP contribution in [-0.2, 0) is 4.79 Å². The Kier molecular flexibility index (Phi) is 5.34. The molecular weight excluding hydrogens is 361 g/mol. The molecule has 0 fully saturated rings. The maximum absolute atomic E-state index is 12.1. The van der Waals surface area contributed by atoms with Gasteiger partial charge in [0.2, 0.25) is 0 Å². The van der Waals surface area contributed by atoms with Gasteiger partial charge in [-0.1, -0.05) is 34.5 Å². The van der Waals surface area contributed by atoms with Gasteiger partial charge in [-0.05, 0) is 29.8 Å². The smallest absolute Gasteiger partial charge is 0.320 e. The highest BCUT2D eigenvalue weighted by Crippen LogP contribution is 2.27. The van der Waals surface area contributed by atoms with Gasteiger partial charge in [-0.25, -0.2) is 0 Å². The monoisotopic (exact) mass is 367 g/mol. The van der Waals surface area contributed by atoms with Gasteiger partial charge in [0, 0.05) is 16.5 Å². The molecule has 1 amide bonds. The molecule has 0 aliphatic carbocycles. The van der Waals surface area contributed by atoms with Crippen molar-refractivity contribution in [3.8, 4) is 6.07 Å². The molecule has 0 saturated carbocycles. The number of nitrogens with zero attached hydrogens (tertiary/aromatic N) is 2. The van der Waals surface area contributed by atoms with Crippen LogP contribution in [0.5, 0.6) is 0 Å². The fourth-order valence-corrected chi connectivity index (χ4v) is 2.63. The van der Waals surface area contributed by atoms with E-state index in [2.05, 4.69) is 5.32 Å². The van der Waals surface area contributed by atoms with Crippen LogP contribution in [0, 0.1) is 21.4 Å². The molecule has 2 rings (SSSR count). The third-order valence-electron chi connectivity index (χ3n) is 2.64. The molecule has 1 aromatic carbocycles. The topological polar surface area (TPSA) is 96.0 Å². The van der Waals surface area contributed by atoms with Crippen LogP contribution in [-0.4, -0.2) is 10.8 Å². The molecule has 116 valence electrons. The molecule has 0 unspecified atom stereocenters. The van der Waals surface area contributed by atoms with Crippen LogP contribution < -0.4 is 5.32 Å². The second-order valence-electron chi connectivity index (χ2n) is 4.22. The molecule has 0 saturated heterocycles. The number of nitro groups is 1. The second kappa shape index (κ2) is 7.24. The lowest BCUT2D eigenvalue weighted by Gasteiger charge is -2.06. The summed E-state index contributed by atoms with van der Waals surface area (Å²) in [4.78, 5) is 22.2. The van der Waals surface area contributed by atoms with Crippen molar-refractivity contribution in [2.45, 2.75) is 0 Å². The largest absolute Gasteiger partial charge is 0.324 e. The van der Waals surface area contributed by atoms with E-state index in [1.807, 2.05) is 0 Å². The van der Waals surface area contributed by atoms with Gasteiger partial charge in [0.1, 0.15) is 11.6 Å². The third kappa shape index (κ3) is 4.29. The van der Waals surface area contributed by atoms with Crippen molar-refractivity contribution in [1.29, 1.82) is 5.26 Å². The molecule has 2 aromatic rings. The molecule has 1 aromatic heterocycles. The highest BCUT2D eigenvalue weighted by atomic mass is 35.5. The standard InChI is InChI=1S/C14H7Cl2N3O3S/c15-10-1-2-11(16)12(5-10)18-14(20)9(6-17)3-8-4-13(19(21)22)23-7-8/h1-5,7H,(H,18,20)/b9-3+. The maximum atomic E-state index is 12.1. The first kappa shape index (κ1) is 17.0. The Labute approximate surface area is 144 Å². The van der Waals surface area contributed by atoms with Crippen molar-refractivity contribution in [2.24, 2.45) is 0 Å². The molecule has 0 bridgehead atoms. The van der Waals surface area contributed by atoms with Crippen molar-refractivity contribution in [2.75, 3.05) is 5.32 Å². The molecule has 0 radical (unpaired) electrons. The first-order valence-electron chi connectivity index (χ1n) is 6.02. The maximum Gasteiger partial charge on any atom is 0.324 e. The number of carbonyl (C=O) groups is 1. The second-order valence-corrected chi connectivity index (χ2v) is 5.96. The summed E-state index contributed by atoms with van der Waals surface area (Å²) >= 11 is 12.7. The number of halogens is 2. The molecule has 0 aliphatic heterocycles. The number of benzene rings is 1. The molecule has 0 aliphatic rings. The van der Waals surface area contributed by atoms with Crippen LogP contribution in [0.15, 0.2) is 35.2 Å². The molecule has 1 heterocycles. The number of nitrogens with one attached hydrogen (secondary N) is 1. The Balaban J connectivity index is 2.24. The molecule has 9 heteroatoms. The minimum atomic E-state index is -0.689. The molecular formula is C14H7Cl2N3O3S. The predicted octanol–water partition coefficient (Wildman–Crippen LogP) is 4.51. The van der Waals surface area contributed by atoms with Crippen molar-refractivity contribution in [1.82, 2.24) is 0 Å². The van der Waals surface area contributed by atoms with Crippen molar-refractivity contribution >= 4 is 57.2 Å². The average molecular weight is 368 g/mol. The molecule has 23 heavy (non-hydrogen) atoms. The van der Waals surface area contributed by atoms with Crippen molar-refractivity contribution < 1.29 is 9.72 Å². The van der Waals surface area contributed by atoms with Gasteiger partial charge in [-0.3, -0.25) is 14.9 Å². The lowest BCUT2D eigenvalue weighted by Crippen LogP contribution is -2.13. The van der Waals surface area contributed by atoms with E-state index in [4.69, 9.17) is 28.5 Å². The van der Waals surface area contributed by atoms with E-state index < -0.39 is 10.8 Å². The first-order chi connectivity index (χ1) is 10.9. The Morgan fingerprint density at radius 1 is 1.39 bits per heavy atom. The van der Waals surface area contributed by atoms with E-state index in [1.54, 1.807) is 12.1 Å². The van der Waals surface area contributed by atoms with Crippen LogP contribution in [0.1, 0.15) is 5.56 Å². The van der Waals surface area contributed by atoms with E-state index in [-0.39, 0.29) is 21.3 Å². The molecule has 0 spiro atoms. The van der Waals surface area contributed by atoms with Crippen LogP contribution in [0.2, 0.25) is 10.0 Å². The normalized spacial score (nSPS) is 10.9. The molecule has 1 N–H and O–H groups in total. The van der Waals surface area contributed by atoms with Gasteiger partial charge >= 0.3 is 5.00 Å². The van der Waals surface area contributed by atoms with E-state index in [0.717, 1.165) is 11.3 Å². The highest BCUT2D eigenvalue weighted by Gasteiger charge is 2.14. The van der Waals surface area contributed by atoms with Gasteiger partial charge in [-0.2, -0.15) is 5.26 Å². The number of nitriles is 1. The molecule has 6 nitrogen and oxygen atoms in total. The van der Waals surface area contributed by atoms with Crippen LogP contribution >= 0.6 is 34.5 Å². The third-order valence-corrected chi connectivity index (χ3v) is 4.10. The Morgan fingerprint density at radius 2 is 2.13 bits per heavy atom. The van der Waals surface area contributed by atoms with E-state index in [0.29, 0.717) is 10.6 Å². The number of thiophene rings is 1. The van der Waals surface area contributed by atoms with E-state index >= 15 is 0 Å². The summed E-state index contributed by atoms with van der Waals surface area (Å²) in [6, 6.07) is 7.55. The Morgan fingerprint density at radius 3 is 2.74 bits per heavy atom. The highest BCUT2D eigenvalue weighted by molar-refractivity contribution is 7.13. The summed E-state index contributed by atoms with van der Waals surface area (Å²) in [6.45, 7) is 0. The number of amides is 1. The van der Waals surface area contributed by atoms with Gasteiger partial charge in [0.05, 0.1) is 15.6 Å². The summed E-state index contributed by atoms with van der Waals surface area (Å²) in [5.74, 6) is -0.689. The van der Waals surface area contributed by atoms with Crippen LogP contribution in [0.3, 0.4) is 0 Å². The quantitative estimate of drug-likeness (QED) is 0.372. The summed E-state index contributed by atoms with van der Waals surface area (Å²) in [5.41, 5.74) is 0.445. The number of hydrogen-bond donors (Lipinski definition) is 1. The summed E-state index contributed by atoms with van der Waals surface area (Å²) in [5, 5.41) is 24.3. The lowest BCUT2D eigenvalue weighted by atomic mass is 10.2. The fourth-order valence-electron chi connectivity index (χ4n) is 1.61. The van der Waals surface area contributed by atoms with E-state index in [9.17, 15) is 14.9 Å². The van der Waals surface area contributed by atoms with Crippen LogP contribution in [0.4, 0.5) is 10.7 Å². The Hall–Kier alpha value is -2.40. The first-order valence-corrected chi connectivity index (χ1v) is 7.65. The zero-order chi connectivity index (χ0) is 17.0. The van der Waals surface area contributed by atoms with Gasteiger partial charge in [0.15, 0.2) is 0 Å². The van der Waals surface area contributed by atoms with E-state index in [1.165, 1.54) is 29.7 Å². The number of hydrogen-bond acceptors (Lipinski definition) is 5. The summed E-state index contributed by atoms with van der Waals surface area (Å²) in [7, 11) is 0. The van der Waals surface area contributed by atoms with Crippen molar-refractivity contribution in [3.63, 3.8) is 0 Å². The van der Waals surface area contributed by atoms with Gasteiger partial charge in [-0.15, -0.1) is 0 Å².